The maximum Gasteiger partial charge on any atom is 0.358 e. The zero-order valence-electron chi connectivity index (χ0n) is 15.1. The fourth-order valence-corrected chi connectivity index (χ4v) is 2.89. The molecule has 6 heteroatoms. The van der Waals surface area contributed by atoms with E-state index < -0.39 is 5.97 Å². The van der Waals surface area contributed by atoms with Crippen LogP contribution in [0.2, 0.25) is 0 Å². The highest BCUT2D eigenvalue weighted by atomic mass is 32.1. The van der Waals surface area contributed by atoms with Crippen molar-refractivity contribution in [1.29, 1.82) is 0 Å². The number of amides is 1. The first-order valence-electron chi connectivity index (χ1n) is 8.37. The first-order chi connectivity index (χ1) is 11.8. The van der Waals surface area contributed by atoms with Gasteiger partial charge in [-0.1, -0.05) is 38.1 Å². The number of ether oxygens (including phenoxy) is 1. The van der Waals surface area contributed by atoms with Crippen LogP contribution in [0.25, 0.3) is 10.6 Å². The Morgan fingerprint density at radius 1 is 1.20 bits per heavy atom. The molecular weight excluding hydrogens is 336 g/mol. The summed E-state index contributed by atoms with van der Waals surface area (Å²) in [6.07, 6.45) is 1.77. The summed E-state index contributed by atoms with van der Waals surface area (Å²) in [6.45, 7) is 7.62. The molecule has 0 saturated carbocycles. The Balaban J connectivity index is 1.94. The van der Waals surface area contributed by atoms with Crippen molar-refractivity contribution in [3.8, 4) is 10.6 Å². The standard InChI is InChI=1S/C19H24N2O3S/c1-5-13-7-9-14(10-8-13)17-20-15(12-25-17)18(23)24-11-16(22)21-19(3,4)6-2/h7-10,12H,5-6,11H2,1-4H3,(H,21,22). The number of aryl methyl sites for hydroxylation is 1. The van der Waals surface area contributed by atoms with E-state index in [2.05, 4.69) is 29.4 Å². The minimum atomic E-state index is -0.586. The number of hydrogen-bond donors (Lipinski definition) is 1. The van der Waals surface area contributed by atoms with Crippen molar-refractivity contribution in [2.45, 2.75) is 46.1 Å². The molecule has 1 amide bonds. The Labute approximate surface area is 152 Å². The van der Waals surface area contributed by atoms with Crippen molar-refractivity contribution < 1.29 is 14.3 Å². The first-order valence-corrected chi connectivity index (χ1v) is 9.25. The summed E-state index contributed by atoms with van der Waals surface area (Å²) in [7, 11) is 0. The molecule has 134 valence electrons. The van der Waals surface area contributed by atoms with Gasteiger partial charge in [-0.3, -0.25) is 4.79 Å². The van der Waals surface area contributed by atoms with Gasteiger partial charge in [0.05, 0.1) is 0 Å². The molecule has 0 aliphatic heterocycles. The van der Waals surface area contributed by atoms with Gasteiger partial charge in [0.15, 0.2) is 12.3 Å². The van der Waals surface area contributed by atoms with Gasteiger partial charge < -0.3 is 10.1 Å². The van der Waals surface area contributed by atoms with Crippen LogP contribution in [-0.4, -0.2) is 29.0 Å². The van der Waals surface area contributed by atoms with Crippen LogP contribution in [0, 0.1) is 0 Å². The lowest BCUT2D eigenvalue weighted by molar-refractivity contribution is -0.125. The summed E-state index contributed by atoms with van der Waals surface area (Å²) in [6, 6.07) is 8.09. The van der Waals surface area contributed by atoms with Crippen LogP contribution in [0.3, 0.4) is 0 Å². The van der Waals surface area contributed by atoms with E-state index in [9.17, 15) is 9.59 Å². The number of carbonyl (C=O) groups excluding carboxylic acids is 2. The number of hydrogen-bond acceptors (Lipinski definition) is 5. The van der Waals surface area contributed by atoms with E-state index in [1.807, 2.05) is 32.9 Å². The third kappa shape index (κ3) is 5.39. The quantitative estimate of drug-likeness (QED) is 0.762. The Kier molecular flexibility index (Phi) is 6.31. The molecule has 2 rings (SSSR count). The van der Waals surface area contributed by atoms with Crippen molar-refractivity contribution in [3.63, 3.8) is 0 Å². The van der Waals surface area contributed by atoms with E-state index in [0.717, 1.165) is 23.4 Å². The number of nitrogens with zero attached hydrogens (tertiary/aromatic N) is 1. The Hall–Kier alpha value is -2.21. The summed E-state index contributed by atoms with van der Waals surface area (Å²) in [5.41, 5.74) is 2.12. The summed E-state index contributed by atoms with van der Waals surface area (Å²) in [4.78, 5) is 28.2. The van der Waals surface area contributed by atoms with Gasteiger partial charge in [-0.05, 0) is 32.3 Å². The molecule has 0 atom stereocenters. The van der Waals surface area contributed by atoms with Crippen molar-refractivity contribution in [1.82, 2.24) is 10.3 Å². The van der Waals surface area contributed by atoms with Gasteiger partial charge in [-0.15, -0.1) is 11.3 Å². The third-order valence-corrected chi connectivity index (χ3v) is 4.91. The SMILES string of the molecule is CCc1ccc(-c2nc(C(=O)OCC(=O)NC(C)(C)CC)cs2)cc1. The maximum absolute atomic E-state index is 12.1. The lowest BCUT2D eigenvalue weighted by Gasteiger charge is -2.24. The predicted molar refractivity (Wildman–Crippen MR) is 99.7 cm³/mol. The van der Waals surface area contributed by atoms with Gasteiger partial charge in [-0.2, -0.15) is 0 Å². The number of thiazole rings is 1. The van der Waals surface area contributed by atoms with Crippen LogP contribution in [0.4, 0.5) is 0 Å². The normalized spacial score (nSPS) is 11.2. The number of nitrogens with one attached hydrogen (secondary N) is 1. The molecule has 1 N–H and O–H groups in total. The minimum absolute atomic E-state index is 0.224. The second-order valence-electron chi connectivity index (χ2n) is 6.45. The van der Waals surface area contributed by atoms with Crippen molar-refractivity contribution in [2.24, 2.45) is 0 Å². The monoisotopic (exact) mass is 360 g/mol. The number of benzene rings is 1. The molecule has 1 aromatic carbocycles. The maximum atomic E-state index is 12.1. The Morgan fingerprint density at radius 2 is 1.88 bits per heavy atom. The largest absolute Gasteiger partial charge is 0.451 e. The average Bonchev–Trinajstić information content (AvgIpc) is 3.09. The van der Waals surface area contributed by atoms with Gasteiger partial charge >= 0.3 is 5.97 Å². The molecule has 0 aliphatic rings. The molecule has 25 heavy (non-hydrogen) atoms. The zero-order chi connectivity index (χ0) is 18.4. The van der Waals surface area contributed by atoms with E-state index in [0.29, 0.717) is 0 Å². The Morgan fingerprint density at radius 3 is 2.48 bits per heavy atom. The molecule has 0 saturated heterocycles. The summed E-state index contributed by atoms with van der Waals surface area (Å²) in [5.74, 6) is -0.900. The van der Waals surface area contributed by atoms with Crippen LogP contribution >= 0.6 is 11.3 Å². The molecule has 0 fully saturated rings. The topological polar surface area (TPSA) is 68.3 Å². The van der Waals surface area contributed by atoms with E-state index in [1.165, 1.54) is 16.9 Å². The van der Waals surface area contributed by atoms with Crippen molar-refractivity contribution in [2.75, 3.05) is 6.61 Å². The molecule has 0 radical (unpaired) electrons. The molecule has 1 aromatic heterocycles. The fourth-order valence-electron chi connectivity index (χ4n) is 2.09. The van der Waals surface area contributed by atoms with Gasteiger partial charge in [0.25, 0.3) is 5.91 Å². The van der Waals surface area contributed by atoms with Crippen molar-refractivity contribution >= 4 is 23.2 Å². The lowest BCUT2D eigenvalue weighted by Crippen LogP contribution is -2.44. The number of esters is 1. The summed E-state index contributed by atoms with van der Waals surface area (Å²) < 4.78 is 5.06. The number of rotatable bonds is 7. The van der Waals surface area contributed by atoms with Gasteiger partial charge in [0.2, 0.25) is 0 Å². The minimum Gasteiger partial charge on any atom is -0.451 e. The number of carbonyl (C=O) groups is 2. The van der Waals surface area contributed by atoms with Crippen LogP contribution in [-0.2, 0) is 16.0 Å². The summed E-state index contributed by atoms with van der Waals surface area (Å²) >= 11 is 1.38. The van der Waals surface area contributed by atoms with Crippen molar-refractivity contribution in [3.05, 3.63) is 40.9 Å². The molecule has 0 unspecified atom stereocenters. The van der Waals surface area contributed by atoms with E-state index in [4.69, 9.17) is 4.74 Å². The average molecular weight is 360 g/mol. The number of aromatic nitrogens is 1. The molecule has 5 nitrogen and oxygen atoms in total. The van der Waals surface area contributed by atoms with Crippen LogP contribution < -0.4 is 5.32 Å². The van der Waals surface area contributed by atoms with E-state index in [-0.39, 0.29) is 23.7 Å². The third-order valence-electron chi connectivity index (χ3n) is 4.02. The van der Waals surface area contributed by atoms with E-state index >= 15 is 0 Å². The molecule has 0 bridgehead atoms. The molecule has 0 aliphatic carbocycles. The fraction of sp³-hybridized carbons (Fsp3) is 0.421. The molecule has 1 heterocycles. The van der Waals surface area contributed by atoms with E-state index in [1.54, 1.807) is 5.38 Å². The summed E-state index contributed by atoms with van der Waals surface area (Å²) in [5, 5.41) is 5.23. The van der Waals surface area contributed by atoms with Crippen LogP contribution in [0.5, 0.6) is 0 Å². The first kappa shape index (κ1) is 19.1. The second-order valence-corrected chi connectivity index (χ2v) is 7.31. The highest BCUT2D eigenvalue weighted by molar-refractivity contribution is 7.13. The van der Waals surface area contributed by atoms with Crippen LogP contribution in [0.1, 0.15) is 50.2 Å². The molecular formula is C19H24N2O3S. The van der Waals surface area contributed by atoms with Gasteiger partial charge in [0, 0.05) is 16.5 Å². The second kappa shape index (κ2) is 8.25. The zero-order valence-corrected chi connectivity index (χ0v) is 15.9. The van der Waals surface area contributed by atoms with Gasteiger partial charge in [0.1, 0.15) is 5.01 Å². The molecule has 2 aromatic rings. The predicted octanol–water partition coefficient (Wildman–Crippen LogP) is 3.83. The lowest BCUT2D eigenvalue weighted by atomic mass is 10.0. The smallest absolute Gasteiger partial charge is 0.358 e. The van der Waals surface area contributed by atoms with Crippen LogP contribution in [0.15, 0.2) is 29.6 Å². The van der Waals surface area contributed by atoms with Gasteiger partial charge in [-0.25, -0.2) is 9.78 Å². The highest BCUT2D eigenvalue weighted by Gasteiger charge is 2.20. The Bertz CT molecular complexity index is 735. The highest BCUT2D eigenvalue weighted by Crippen LogP contribution is 2.24. The molecule has 0 spiro atoms.